The zero-order valence-electron chi connectivity index (χ0n) is 17.9. The average molecular weight is 433 g/mol. The summed E-state index contributed by atoms with van der Waals surface area (Å²) in [4.78, 5) is 14.6. The van der Waals surface area contributed by atoms with Gasteiger partial charge in [-0.1, -0.05) is 53.7 Å². The lowest BCUT2D eigenvalue weighted by Crippen LogP contribution is -2.29. The first-order valence-corrected chi connectivity index (χ1v) is 11.8. The van der Waals surface area contributed by atoms with Gasteiger partial charge in [-0.25, -0.2) is 0 Å². The van der Waals surface area contributed by atoms with Crippen LogP contribution in [0.1, 0.15) is 30.4 Å². The maximum absolute atomic E-state index is 12.1. The van der Waals surface area contributed by atoms with Crippen molar-refractivity contribution < 1.29 is 4.79 Å². The smallest absolute Gasteiger partial charge is 0.230 e. The fraction of sp³-hybridized carbons (Fsp3) is 0.320. The van der Waals surface area contributed by atoms with Crippen LogP contribution in [-0.2, 0) is 11.3 Å². The number of aryl methyl sites for hydroxylation is 1. The van der Waals surface area contributed by atoms with Crippen molar-refractivity contribution in [1.82, 2.24) is 15.5 Å². The molecule has 0 unspecified atom stereocenters. The number of anilines is 1. The van der Waals surface area contributed by atoms with E-state index in [2.05, 4.69) is 63.7 Å². The third-order valence-electron chi connectivity index (χ3n) is 5.49. The third kappa shape index (κ3) is 6.07. The lowest BCUT2D eigenvalue weighted by Gasteiger charge is -2.28. The lowest BCUT2D eigenvalue weighted by atomic mass is 10.1. The molecule has 160 valence electrons. The fourth-order valence-corrected chi connectivity index (χ4v) is 4.29. The molecule has 0 radical (unpaired) electrons. The molecule has 0 aliphatic carbocycles. The number of amides is 1. The van der Waals surface area contributed by atoms with Crippen LogP contribution in [-0.4, -0.2) is 34.9 Å². The van der Waals surface area contributed by atoms with Gasteiger partial charge >= 0.3 is 0 Å². The van der Waals surface area contributed by atoms with Crippen molar-refractivity contribution in [3.05, 3.63) is 71.8 Å². The van der Waals surface area contributed by atoms with E-state index in [9.17, 15) is 4.79 Å². The van der Waals surface area contributed by atoms with Crippen molar-refractivity contribution in [2.24, 2.45) is 0 Å². The summed E-state index contributed by atoms with van der Waals surface area (Å²) in [6.45, 7) is 4.88. The molecule has 1 fully saturated rings. The standard InChI is InChI=1S/C25H28N4OS/c1-19-5-7-20(8-6-19)17-26-24(30)18-31-25-14-13-23(27-28-25)21-9-11-22(12-10-21)29-15-3-2-4-16-29/h5-14H,2-4,15-18H2,1H3,(H,26,30). The SMILES string of the molecule is Cc1ccc(CNC(=O)CSc2ccc(-c3ccc(N4CCCCC4)cc3)nn2)cc1. The molecule has 1 aliphatic heterocycles. The van der Waals surface area contributed by atoms with Crippen molar-refractivity contribution in [2.75, 3.05) is 23.7 Å². The second kappa shape index (κ2) is 10.4. The van der Waals surface area contributed by atoms with Crippen LogP contribution in [0.2, 0.25) is 0 Å². The van der Waals surface area contributed by atoms with Gasteiger partial charge in [-0.15, -0.1) is 10.2 Å². The molecule has 0 spiro atoms. The van der Waals surface area contributed by atoms with Crippen LogP contribution in [0.15, 0.2) is 65.7 Å². The second-order valence-electron chi connectivity index (χ2n) is 7.90. The second-order valence-corrected chi connectivity index (χ2v) is 8.90. The Labute approximate surface area is 188 Å². The summed E-state index contributed by atoms with van der Waals surface area (Å²) in [5.74, 6) is 0.314. The topological polar surface area (TPSA) is 58.1 Å². The molecule has 1 saturated heterocycles. The van der Waals surface area contributed by atoms with E-state index < -0.39 is 0 Å². The maximum Gasteiger partial charge on any atom is 0.230 e. The van der Waals surface area contributed by atoms with Gasteiger partial charge in [0.05, 0.1) is 11.4 Å². The minimum atomic E-state index is -0.00949. The summed E-state index contributed by atoms with van der Waals surface area (Å²) in [6.07, 6.45) is 3.88. The van der Waals surface area contributed by atoms with Gasteiger partial charge in [0.2, 0.25) is 5.91 Å². The van der Waals surface area contributed by atoms with E-state index in [1.54, 1.807) is 0 Å². The minimum Gasteiger partial charge on any atom is -0.372 e. The lowest BCUT2D eigenvalue weighted by molar-refractivity contribution is -0.118. The fourth-order valence-electron chi connectivity index (χ4n) is 3.64. The van der Waals surface area contributed by atoms with Gasteiger partial charge < -0.3 is 10.2 Å². The number of rotatable bonds is 7. The Balaban J connectivity index is 1.26. The van der Waals surface area contributed by atoms with Crippen molar-refractivity contribution in [3.8, 4) is 11.3 Å². The van der Waals surface area contributed by atoms with Crippen LogP contribution < -0.4 is 10.2 Å². The molecule has 2 heterocycles. The first-order chi connectivity index (χ1) is 15.2. The van der Waals surface area contributed by atoms with Gasteiger partial charge in [0.15, 0.2) is 0 Å². The van der Waals surface area contributed by atoms with Crippen LogP contribution in [0, 0.1) is 6.92 Å². The number of carbonyl (C=O) groups is 1. The molecule has 0 bridgehead atoms. The summed E-state index contributed by atoms with van der Waals surface area (Å²) in [6, 6.07) is 20.6. The van der Waals surface area contributed by atoms with Crippen molar-refractivity contribution >= 4 is 23.4 Å². The van der Waals surface area contributed by atoms with Crippen molar-refractivity contribution in [2.45, 2.75) is 37.8 Å². The highest BCUT2D eigenvalue weighted by Crippen LogP contribution is 2.25. The number of piperidine rings is 1. The normalized spacial score (nSPS) is 13.8. The average Bonchev–Trinajstić information content (AvgIpc) is 2.83. The summed E-state index contributed by atoms with van der Waals surface area (Å²) in [5.41, 5.74) is 5.49. The summed E-state index contributed by atoms with van der Waals surface area (Å²) in [7, 11) is 0. The van der Waals surface area contributed by atoms with Gasteiger partial charge in [-0.05, 0) is 56.0 Å². The predicted octanol–water partition coefficient (Wildman–Crippen LogP) is 4.85. The van der Waals surface area contributed by atoms with E-state index in [-0.39, 0.29) is 5.91 Å². The van der Waals surface area contributed by atoms with Crippen LogP contribution in [0.3, 0.4) is 0 Å². The number of hydrogen-bond acceptors (Lipinski definition) is 5. The van der Waals surface area contributed by atoms with Gasteiger partial charge in [0.1, 0.15) is 5.03 Å². The molecule has 1 N–H and O–H groups in total. The third-order valence-corrected chi connectivity index (χ3v) is 6.41. The van der Waals surface area contributed by atoms with Crippen LogP contribution in [0.25, 0.3) is 11.3 Å². The van der Waals surface area contributed by atoms with E-state index in [1.165, 1.54) is 42.3 Å². The zero-order chi connectivity index (χ0) is 21.5. The maximum atomic E-state index is 12.1. The van der Waals surface area contributed by atoms with E-state index in [0.717, 1.165) is 34.9 Å². The minimum absolute atomic E-state index is 0.00949. The summed E-state index contributed by atoms with van der Waals surface area (Å²) >= 11 is 1.40. The zero-order valence-corrected chi connectivity index (χ0v) is 18.7. The molecule has 1 amide bonds. The summed E-state index contributed by atoms with van der Waals surface area (Å²) in [5, 5.41) is 12.3. The number of nitrogens with zero attached hydrogens (tertiary/aromatic N) is 3. The molecule has 0 saturated carbocycles. The van der Waals surface area contributed by atoms with Gasteiger partial charge in [0, 0.05) is 30.9 Å². The van der Waals surface area contributed by atoms with E-state index in [4.69, 9.17) is 0 Å². The number of carbonyl (C=O) groups excluding carboxylic acids is 1. The molecule has 5 nitrogen and oxygen atoms in total. The van der Waals surface area contributed by atoms with Gasteiger partial charge in [0.25, 0.3) is 0 Å². The Morgan fingerprint density at radius 3 is 2.35 bits per heavy atom. The summed E-state index contributed by atoms with van der Waals surface area (Å²) < 4.78 is 0. The molecule has 31 heavy (non-hydrogen) atoms. The molecular weight excluding hydrogens is 404 g/mol. The Hall–Kier alpha value is -2.86. The Morgan fingerprint density at radius 2 is 1.68 bits per heavy atom. The number of thioether (sulfide) groups is 1. The highest BCUT2D eigenvalue weighted by Gasteiger charge is 2.11. The van der Waals surface area contributed by atoms with Crippen molar-refractivity contribution in [3.63, 3.8) is 0 Å². The van der Waals surface area contributed by atoms with Crippen LogP contribution in [0.4, 0.5) is 5.69 Å². The van der Waals surface area contributed by atoms with E-state index in [1.807, 2.05) is 24.3 Å². The Kier molecular flexibility index (Phi) is 7.20. The molecular formula is C25H28N4OS. The molecule has 6 heteroatoms. The van der Waals surface area contributed by atoms with Crippen LogP contribution in [0.5, 0.6) is 0 Å². The van der Waals surface area contributed by atoms with Gasteiger partial charge in [-0.3, -0.25) is 4.79 Å². The first-order valence-electron chi connectivity index (χ1n) is 10.8. The molecule has 0 atom stereocenters. The monoisotopic (exact) mass is 432 g/mol. The number of nitrogens with one attached hydrogen (secondary N) is 1. The van der Waals surface area contributed by atoms with Crippen LogP contribution >= 0.6 is 11.8 Å². The highest BCUT2D eigenvalue weighted by molar-refractivity contribution is 7.99. The predicted molar refractivity (Wildman–Crippen MR) is 127 cm³/mol. The molecule has 4 rings (SSSR count). The highest BCUT2D eigenvalue weighted by atomic mass is 32.2. The largest absolute Gasteiger partial charge is 0.372 e. The number of hydrogen-bond donors (Lipinski definition) is 1. The molecule has 1 aromatic heterocycles. The molecule has 2 aromatic carbocycles. The first kappa shape index (κ1) is 21.4. The Bertz CT molecular complexity index is 982. The van der Waals surface area contributed by atoms with Gasteiger partial charge in [-0.2, -0.15) is 0 Å². The quantitative estimate of drug-likeness (QED) is 0.541. The van der Waals surface area contributed by atoms with Crippen molar-refractivity contribution in [1.29, 1.82) is 0 Å². The van der Waals surface area contributed by atoms with E-state index >= 15 is 0 Å². The molecule has 3 aromatic rings. The number of aromatic nitrogens is 2. The van der Waals surface area contributed by atoms with E-state index in [0.29, 0.717) is 12.3 Å². The number of benzene rings is 2. The Morgan fingerprint density at radius 1 is 0.935 bits per heavy atom. The molecule has 1 aliphatic rings.